The number of methoxy groups -OCH3 is 1. The standard InChI is InChI=1S/C19H21NO4/c1-13-8-10-15(11-9-13)14(2)20-18(21)12-24-19(22)16-6-4-5-7-17(16)23-3/h4-11,14H,12H2,1-3H3,(H,20,21)/t14-/m1/s1. The van der Waals surface area contributed by atoms with Crippen molar-refractivity contribution in [3.05, 3.63) is 65.2 Å². The molecule has 2 aromatic rings. The minimum absolute atomic E-state index is 0.164. The van der Waals surface area contributed by atoms with E-state index in [0.29, 0.717) is 11.3 Å². The van der Waals surface area contributed by atoms with Crippen LogP contribution in [0.5, 0.6) is 5.75 Å². The van der Waals surface area contributed by atoms with E-state index in [1.54, 1.807) is 24.3 Å². The highest BCUT2D eigenvalue weighted by molar-refractivity contribution is 5.94. The van der Waals surface area contributed by atoms with Gasteiger partial charge in [-0.05, 0) is 31.5 Å². The Labute approximate surface area is 141 Å². The number of amides is 1. The van der Waals surface area contributed by atoms with Crippen molar-refractivity contribution < 1.29 is 19.1 Å². The Morgan fingerprint density at radius 1 is 1.08 bits per heavy atom. The molecule has 126 valence electrons. The van der Waals surface area contributed by atoms with E-state index < -0.39 is 5.97 Å². The third-order valence-corrected chi connectivity index (χ3v) is 3.62. The number of ether oxygens (including phenoxy) is 2. The van der Waals surface area contributed by atoms with Crippen LogP contribution in [0, 0.1) is 6.92 Å². The Kier molecular flexibility index (Phi) is 5.95. The molecular weight excluding hydrogens is 306 g/mol. The molecule has 0 unspecified atom stereocenters. The van der Waals surface area contributed by atoms with Crippen molar-refractivity contribution >= 4 is 11.9 Å². The molecule has 2 aromatic carbocycles. The Balaban J connectivity index is 1.88. The molecule has 5 heteroatoms. The third kappa shape index (κ3) is 4.59. The molecule has 0 aliphatic rings. The van der Waals surface area contributed by atoms with E-state index in [2.05, 4.69) is 5.32 Å². The van der Waals surface area contributed by atoms with Crippen molar-refractivity contribution in [2.45, 2.75) is 19.9 Å². The lowest BCUT2D eigenvalue weighted by molar-refractivity contribution is -0.124. The van der Waals surface area contributed by atoms with Gasteiger partial charge in [0.15, 0.2) is 6.61 Å². The Morgan fingerprint density at radius 2 is 1.75 bits per heavy atom. The van der Waals surface area contributed by atoms with Gasteiger partial charge in [0.1, 0.15) is 11.3 Å². The van der Waals surface area contributed by atoms with Crippen LogP contribution < -0.4 is 10.1 Å². The van der Waals surface area contributed by atoms with Gasteiger partial charge >= 0.3 is 5.97 Å². The van der Waals surface area contributed by atoms with E-state index in [0.717, 1.165) is 11.1 Å². The van der Waals surface area contributed by atoms with Crippen LogP contribution in [0.4, 0.5) is 0 Å². The molecular formula is C19H21NO4. The second-order valence-electron chi connectivity index (χ2n) is 5.48. The number of rotatable bonds is 6. The second kappa shape index (κ2) is 8.15. The van der Waals surface area contributed by atoms with Crippen molar-refractivity contribution in [3.8, 4) is 5.75 Å². The highest BCUT2D eigenvalue weighted by Crippen LogP contribution is 2.18. The van der Waals surface area contributed by atoms with Gasteiger partial charge in [-0.15, -0.1) is 0 Å². The van der Waals surface area contributed by atoms with E-state index in [1.807, 2.05) is 38.1 Å². The van der Waals surface area contributed by atoms with Crippen molar-refractivity contribution in [1.29, 1.82) is 0 Å². The first-order valence-electron chi connectivity index (χ1n) is 7.67. The van der Waals surface area contributed by atoms with E-state index in [-0.39, 0.29) is 18.6 Å². The van der Waals surface area contributed by atoms with Crippen LogP contribution in [0.2, 0.25) is 0 Å². The summed E-state index contributed by atoms with van der Waals surface area (Å²) in [4.78, 5) is 24.0. The van der Waals surface area contributed by atoms with Crippen LogP contribution in [0.3, 0.4) is 0 Å². The molecule has 0 heterocycles. The highest BCUT2D eigenvalue weighted by atomic mass is 16.5. The Bertz CT molecular complexity index is 710. The van der Waals surface area contributed by atoms with E-state index >= 15 is 0 Å². The third-order valence-electron chi connectivity index (χ3n) is 3.62. The van der Waals surface area contributed by atoms with Gasteiger partial charge in [-0.2, -0.15) is 0 Å². The van der Waals surface area contributed by atoms with E-state index in [1.165, 1.54) is 7.11 Å². The molecule has 0 aromatic heterocycles. The maximum atomic E-state index is 12.0. The predicted molar refractivity (Wildman–Crippen MR) is 91.0 cm³/mol. The number of benzene rings is 2. The maximum Gasteiger partial charge on any atom is 0.342 e. The van der Waals surface area contributed by atoms with Crippen molar-refractivity contribution in [2.75, 3.05) is 13.7 Å². The normalized spacial score (nSPS) is 11.5. The number of para-hydroxylation sites is 1. The fourth-order valence-corrected chi connectivity index (χ4v) is 2.24. The molecule has 24 heavy (non-hydrogen) atoms. The molecule has 0 fully saturated rings. The average molecular weight is 327 g/mol. The molecule has 1 amide bonds. The number of aryl methyl sites for hydroxylation is 1. The fraction of sp³-hybridized carbons (Fsp3) is 0.263. The zero-order valence-electron chi connectivity index (χ0n) is 14.0. The first kappa shape index (κ1) is 17.5. The molecule has 0 saturated heterocycles. The van der Waals surface area contributed by atoms with Crippen LogP contribution in [0.25, 0.3) is 0 Å². The first-order chi connectivity index (χ1) is 11.5. The van der Waals surface area contributed by atoms with Gasteiger partial charge in [0.05, 0.1) is 13.2 Å². The summed E-state index contributed by atoms with van der Waals surface area (Å²) >= 11 is 0. The molecule has 5 nitrogen and oxygen atoms in total. The summed E-state index contributed by atoms with van der Waals surface area (Å²) in [5.41, 5.74) is 2.44. The monoisotopic (exact) mass is 327 g/mol. The van der Waals surface area contributed by atoms with Gasteiger partial charge < -0.3 is 14.8 Å². The molecule has 0 radical (unpaired) electrons. The number of nitrogens with one attached hydrogen (secondary N) is 1. The minimum atomic E-state index is -0.592. The topological polar surface area (TPSA) is 64.6 Å². The zero-order chi connectivity index (χ0) is 17.5. The second-order valence-corrected chi connectivity index (χ2v) is 5.48. The van der Waals surface area contributed by atoms with Gasteiger partial charge in [0, 0.05) is 0 Å². The number of esters is 1. The quantitative estimate of drug-likeness (QED) is 0.828. The molecule has 0 aliphatic heterocycles. The molecule has 0 aliphatic carbocycles. The summed E-state index contributed by atoms with van der Waals surface area (Å²) in [6.07, 6.45) is 0. The van der Waals surface area contributed by atoms with Crippen LogP contribution in [0.15, 0.2) is 48.5 Å². The maximum absolute atomic E-state index is 12.0. The summed E-state index contributed by atoms with van der Waals surface area (Å²) in [7, 11) is 1.47. The summed E-state index contributed by atoms with van der Waals surface area (Å²) in [5, 5.41) is 2.80. The predicted octanol–water partition coefficient (Wildman–Crippen LogP) is 3.04. The summed E-state index contributed by atoms with van der Waals surface area (Å²) in [5.74, 6) is -0.534. The molecule has 2 rings (SSSR count). The lowest BCUT2D eigenvalue weighted by Gasteiger charge is -2.15. The summed E-state index contributed by atoms with van der Waals surface area (Å²) < 4.78 is 10.2. The SMILES string of the molecule is COc1ccccc1C(=O)OCC(=O)N[C@H](C)c1ccc(C)cc1. The Morgan fingerprint density at radius 3 is 2.42 bits per heavy atom. The van der Waals surface area contributed by atoms with Crippen molar-refractivity contribution in [1.82, 2.24) is 5.32 Å². The average Bonchev–Trinajstić information content (AvgIpc) is 2.60. The van der Waals surface area contributed by atoms with Gasteiger partial charge in [0.25, 0.3) is 5.91 Å². The number of hydrogen-bond acceptors (Lipinski definition) is 4. The smallest absolute Gasteiger partial charge is 0.342 e. The molecule has 1 N–H and O–H groups in total. The summed E-state index contributed by atoms with van der Waals surface area (Å²) in [6.45, 7) is 3.54. The van der Waals surface area contributed by atoms with Crippen molar-refractivity contribution in [2.24, 2.45) is 0 Å². The van der Waals surface area contributed by atoms with Crippen LogP contribution in [-0.4, -0.2) is 25.6 Å². The zero-order valence-corrected chi connectivity index (χ0v) is 14.0. The number of carbonyl (C=O) groups excluding carboxylic acids is 2. The molecule has 0 spiro atoms. The first-order valence-corrected chi connectivity index (χ1v) is 7.67. The fourth-order valence-electron chi connectivity index (χ4n) is 2.24. The minimum Gasteiger partial charge on any atom is -0.496 e. The number of carbonyl (C=O) groups is 2. The van der Waals surface area contributed by atoms with Gasteiger partial charge in [0.2, 0.25) is 0 Å². The Hall–Kier alpha value is -2.82. The van der Waals surface area contributed by atoms with E-state index in [9.17, 15) is 9.59 Å². The summed E-state index contributed by atoms with van der Waals surface area (Å²) in [6, 6.07) is 14.4. The molecule has 1 atom stereocenters. The molecule has 0 bridgehead atoms. The lowest BCUT2D eigenvalue weighted by atomic mass is 10.1. The van der Waals surface area contributed by atoms with Gasteiger partial charge in [-0.1, -0.05) is 42.0 Å². The lowest BCUT2D eigenvalue weighted by Crippen LogP contribution is -2.31. The van der Waals surface area contributed by atoms with E-state index in [4.69, 9.17) is 9.47 Å². The van der Waals surface area contributed by atoms with Crippen LogP contribution >= 0.6 is 0 Å². The van der Waals surface area contributed by atoms with Crippen LogP contribution in [-0.2, 0) is 9.53 Å². The highest BCUT2D eigenvalue weighted by Gasteiger charge is 2.16. The van der Waals surface area contributed by atoms with Gasteiger partial charge in [-0.3, -0.25) is 4.79 Å². The van der Waals surface area contributed by atoms with Gasteiger partial charge in [-0.25, -0.2) is 4.79 Å². The van der Waals surface area contributed by atoms with Crippen molar-refractivity contribution in [3.63, 3.8) is 0 Å². The van der Waals surface area contributed by atoms with Crippen LogP contribution in [0.1, 0.15) is 34.5 Å². The number of hydrogen-bond donors (Lipinski definition) is 1. The molecule has 0 saturated carbocycles. The largest absolute Gasteiger partial charge is 0.496 e.